The van der Waals surface area contributed by atoms with E-state index >= 15 is 0 Å². The van der Waals surface area contributed by atoms with Crippen LogP contribution in [0.15, 0.2) is 45.5 Å². The van der Waals surface area contributed by atoms with Crippen molar-refractivity contribution >= 4 is 29.0 Å². The Morgan fingerprint density at radius 1 is 1.23 bits per heavy atom. The summed E-state index contributed by atoms with van der Waals surface area (Å²) in [6, 6.07) is 12.6. The Bertz CT molecular complexity index is 782. The standard InChI is InChI=1S/C20H24N2O2S2/c1-13-19(14-9-11-22(13)12-10-14)21-20(23)17-7-8-18(26-17)25-16-6-4-3-5-15(16)24-2/h3-8,13-14,19H,9-12H2,1-2H3,(H,21,23)/t13-,19-/m0/s1. The Kier molecular flexibility index (Phi) is 5.25. The molecule has 2 atom stereocenters. The number of thiophene rings is 1. The molecule has 1 aromatic carbocycles. The zero-order valence-corrected chi connectivity index (χ0v) is 16.7. The van der Waals surface area contributed by atoms with Gasteiger partial charge in [0, 0.05) is 12.1 Å². The molecule has 1 N–H and O–H groups in total. The molecule has 5 rings (SSSR count). The van der Waals surface area contributed by atoms with Crippen molar-refractivity contribution in [3.8, 4) is 5.75 Å². The number of ether oxygens (including phenoxy) is 1. The summed E-state index contributed by atoms with van der Waals surface area (Å²) in [6.07, 6.45) is 2.41. The predicted octanol–water partition coefficient (Wildman–Crippen LogP) is 4.12. The third-order valence-electron chi connectivity index (χ3n) is 5.56. The molecule has 1 aromatic heterocycles. The van der Waals surface area contributed by atoms with Crippen molar-refractivity contribution in [1.29, 1.82) is 0 Å². The van der Waals surface area contributed by atoms with Crippen LogP contribution in [0.5, 0.6) is 5.75 Å². The SMILES string of the molecule is COc1ccccc1Sc1ccc(C(=O)N[C@@H]2C3CCN(CC3)[C@H]2C)s1. The maximum Gasteiger partial charge on any atom is 0.261 e. The Balaban J connectivity index is 1.43. The minimum atomic E-state index is 0.0625. The van der Waals surface area contributed by atoms with E-state index < -0.39 is 0 Å². The molecule has 4 nitrogen and oxygen atoms in total. The number of benzene rings is 1. The van der Waals surface area contributed by atoms with Crippen LogP contribution in [0.3, 0.4) is 0 Å². The highest BCUT2D eigenvalue weighted by Crippen LogP contribution is 2.38. The summed E-state index contributed by atoms with van der Waals surface area (Å²) in [4.78, 5) is 17.1. The van der Waals surface area contributed by atoms with Gasteiger partial charge in [-0.1, -0.05) is 23.9 Å². The third kappa shape index (κ3) is 3.50. The number of nitrogens with one attached hydrogen (secondary N) is 1. The largest absolute Gasteiger partial charge is 0.496 e. The molecule has 6 heteroatoms. The topological polar surface area (TPSA) is 41.6 Å². The van der Waals surface area contributed by atoms with Crippen LogP contribution in [0.1, 0.15) is 29.4 Å². The first-order valence-corrected chi connectivity index (χ1v) is 10.7. The molecule has 138 valence electrons. The monoisotopic (exact) mass is 388 g/mol. The number of para-hydroxylation sites is 1. The lowest BCUT2D eigenvalue weighted by atomic mass is 9.79. The van der Waals surface area contributed by atoms with Gasteiger partial charge in [-0.05, 0) is 63.0 Å². The fourth-order valence-electron chi connectivity index (χ4n) is 4.08. The van der Waals surface area contributed by atoms with E-state index in [1.54, 1.807) is 30.2 Å². The zero-order valence-electron chi connectivity index (χ0n) is 15.1. The molecule has 3 aliphatic heterocycles. The van der Waals surface area contributed by atoms with Crippen LogP contribution in [-0.2, 0) is 0 Å². The van der Waals surface area contributed by atoms with E-state index in [0.29, 0.717) is 12.0 Å². The Hall–Kier alpha value is -1.50. The van der Waals surface area contributed by atoms with Gasteiger partial charge in [0.1, 0.15) is 5.75 Å². The first-order valence-electron chi connectivity index (χ1n) is 9.11. The van der Waals surface area contributed by atoms with Crippen molar-refractivity contribution in [2.24, 2.45) is 5.92 Å². The van der Waals surface area contributed by atoms with Gasteiger partial charge in [-0.2, -0.15) is 0 Å². The number of carbonyl (C=O) groups excluding carboxylic acids is 1. The highest BCUT2D eigenvalue weighted by molar-refractivity contribution is 8.01. The predicted molar refractivity (Wildman–Crippen MR) is 106 cm³/mol. The molecule has 2 bridgehead atoms. The fraction of sp³-hybridized carbons (Fsp3) is 0.450. The molecule has 0 unspecified atom stereocenters. The molecular formula is C20H24N2O2S2. The van der Waals surface area contributed by atoms with E-state index in [2.05, 4.69) is 17.1 Å². The minimum absolute atomic E-state index is 0.0625. The second kappa shape index (κ2) is 7.62. The van der Waals surface area contributed by atoms with Crippen LogP contribution < -0.4 is 10.1 Å². The number of hydrogen-bond donors (Lipinski definition) is 1. The third-order valence-corrected chi connectivity index (χ3v) is 7.83. The van der Waals surface area contributed by atoms with Crippen molar-refractivity contribution in [3.63, 3.8) is 0 Å². The Morgan fingerprint density at radius 2 is 2.00 bits per heavy atom. The van der Waals surface area contributed by atoms with E-state index in [1.807, 2.05) is 36.4 Å². The van der Waals surface area contributed by atoms with Crippen LogP contribution in [0.2, 0.25) is 0 Å². The molecule has 0 aliphatic carbocycles. The van der Waals surface area contributed by atoms with Gasteiger partial charge in [-0.25, -0.2) is 0 Å². The summed E-state index contributed by atoms with van der Waals surface area (Å²) < 4.78 is 6.51. The highest BCUT2D eigenvalue weighted by Gasteiger charge is 2.40. The van der Waals surface area contributed by atoms with Crippen LogP contribution in [0.4, 0.5) is 0 Å². The van der Waals surface area contributed by atoms with Crippen molar-refractivity contribution in [3.05, 3.63) is 41.3 Å². The molecular weight excluding hydrogens is 364 g/mol. The molecule has 0 radical (unpaired) electrons. The maximum atomic E-state index is 12.8. The number of methoxy groups -OCH3 is 1. The van der Waals surface area contributed by atoms with E-state index in [-0.39, 0.29) is 11.9 Å². The summed E-state index contributed by atoms with van der Waals surface area (Å²) in [5, 5.41) is 3.31. The lowest BCUT2D eigenvalue weighted by molar-refractivity contribution is 0.0218. The highest BCUT2D eigenvalue weighted by atomic mass is 32.2. The van der Waals surface area contributed by atoms with Gasteiger partial charge >= 0.3 is 0 Å². The normalized spacial score (nSPS) is 27.3. The summed E-state index contributed by atoms with van der Waals surface area (Å²) in [5.74, 6) is 1.55. The van der Waals surface area contributed by atoms with Crippen LogP contribution in [0.25, 0.3) is 0 Å². The van der Waals surface area contributed by atoms with E-state index in [9.17, 15) is 4.79 Å². The van der Waals surface area contributed by atoms with Gasteiger partial charge in [0.25, 0.3) is 5.91 Å². The van der Waals surface area contributed by atoms with Crippen molar-refractivity contribution in [2.45, 2.75) is 41.0 Å². The van der Waals surface area contributed by atoms with Gasteiger partial charge in [-0.3, -0.25) is 9.69 Å². The maximum absolute atomic E-state index is 12.8. The van der Waals surface area contributed by atoms with Gasteiger partial charge in [0.2, 0.25) is 0 Å². The van der Waals surface area contributed by atoms with Crippen LogP contribution >= 0.6 is 23.1 Å². The lowest BCUT2D eigenvalue weighted by Gasteiger charge is -2.49. The first-order chi connectivity index (χ1) is 12.7. The molecule has 3 aliphatic rings. The summed E-state index contributed by atoms with van der Waals surface area (Å²) in [5.41, 5.74) is 0. The molecule has 2 aromatic rings. The molecule has 0 spiro atoms. The Morgan fingerprint density at radius 3 is 2.73 bits per heavy atom. The van der Waals surface area contributed by atoms with E-state index in [4.69, 9.17) is 4.74 Å². The van der Waals surface area contributed by atoms with Crippen LogP contribution in [-0.4, -0.2) is 43.1 Å². The second-order valence-electron chi connectivity index (χ2n) is 6.98. The van der Waals surface area contributed by atoms with E-state index in [1.165, 1.54) is 25.9 Å². The number of rotatable bonds is 5. The molecule has 3 fully saturated rings. The number of piperidine rings is 3. The van der Waals surface area contributed by atoms with Gasteiger partial charge in [0.05, 0.1) is 21.1 Å². The zero-order chi connectivity index (χ0) is 18.1. The molecule has 4 heterocycles. The van der Waals surface area contributed by atoms with Crippen LogP contribution in [0, 0.1) is 5.92 Å². The molecule has 1 amide bonds. The first kappa shape index (κ1) is 17.9. The number of carbonyl (C=O) groups is 1. The van der Waals surface area contributed by atoms with Gasteiger partial charge in [-0.15, -0.1) is 11.3 Å². The minimum Gasteiger partial charge on any atom is -0.496 e. The molecule has 0 saturated carbocycles. The lowest BCUT2D eigenvalue weighted by Crippen LogP contribution is -2.62. The van der Waals surface area contributed by atoms with Crippen molar-refractivity contribution in [1.82, 2.24) is 10.2 Å². The molecule has 26 heavy (non-hydrogen) atoms. The summed E-state index contributed by atoms with van der Waals surface area (Å²) in [6.45, 7) is 4.60. The quantitative estimate of drug-likeness (QED) is 0.837. The van der Waals surface area contributed by atoms with Gasteiger partial charge in [0.15, 0.2) is 0 Å². The number of amides is 1. The number of nitrogens with zero attached hydrogens (tertiary/aromatic N) is 1. The number of hydrogen-bond acceptors (Lipinski definition) is 5. The number of fused-ring (bicyclic) bond motifs is 3. The van der Waals surface area contributed by atoms with E-state index in [0.717, 1.165) is 19.7 Å². The Labute approximate surface area is 162 Å². The molecule has 3 saturated heterocycles. The van der Waals surface area contributed by atoms with Crippen molar-refractivity contribution in [2.75, 3.05) is 20.2 Å². The summed E-state index contributed by atoms with van der Waals surface area (Å²) >= 11 is 3.19. The second-order valence-corrected chi connectivity index (χ2v) is 9.41. The summed E-state index contributed by atoms with van der Waals surface area (Å²) in [7, 11) is 1.68. The van der Waals surface area contributed by atoms with Gasteiger partial charge < -0.3 is 10.1 Å². The smallest absolute Gasteiger partial charge is 0.261 e. The average Bonchev–Trinajstić information content (AvgIpc) is 3.14. The van der Waals surface area contributed by atoms with Crippen molar-refractivity contribution < 1.29 is 9.53 Å². The average molecular weight is 389 g/mol. The fourth-order valence-corrected chi connectivity index (χ4v) is 6.17.